The number of hydrogen-bond donors (Lipinski definition) is 2. The first kappa shape index (κ1) is 14.1. The molecule has 3 rings (SSSR count). The van der Waals surface area contributed by atoms with Gasteiger partial charge in [0.05, 0.1) is 0 Å². The van der Waals surface area contributed by atoms with Gasteiger partial charge in [-0.1, -0.05) is 6.07 Å². The van der Waals surface area contributed by atoms with Gasteiger partial charge in [0.25, 0.3) is 5.91 Å². The number of benzene rings is 1. The Kier molecular flexibility index (Phi) is 3.92. The second-order valence-corrected chi connectivity index (χ2v) is 5.85. The van der Waals surface area contributed by atoms with Gasteiger partial charge in [-0.2, -0.15) is 0 Å². The van der Waals surface area contributed by atoms with Crippen LogP contribution in [0.2, 0.25) is 0 Å². The van der Waals surface area contributed by atoms with Crippen molar-refractivity contribution in [3.63, 3.8) is 0 Å². The predicted octanol–water partition coefficient (Wildman–Crippen LogP) is 1.28. The Bertz CT molecular complexity index is 554. The fourth-order valence-electron chi connectivity index (χ4n) is 2.86. The standard InChI is InChI=1S/C16H21N3O2/c17-10-14(11-6-7-11)18-16(21)12-3-1-4-13(9-12)19-8-2-5-15(19)20/h1,3-4,9,11,14H,2,5-8,10,17H2,(H,18,21). The van der Waals surface area contributed by atoms with Crippen LogP contribution >= 0.6 is 0 Å². The summed E-state index contributed by atoms with van der Waals surface area (Å²) in [6.45, 7) is 1.21. The van der Waals surface area contributed by atoms with Crippen molar-refractivity contribution >= 4 is 17.5 Å². The highest BCUT2D eigenvalue weighted by Gasteiger charge is 2.31. The van der Waals surface area contributed by atoms with Crippen molar-refractivity contribution in [2.24, 2.45) is 11.7 Å². The van der Waals surface area contributed by atoms with Gasteiger partial charge in [-0.25, -0.2) is 0 Å². The highest BCUT2D eigenvalue weighted by molar-refractivity contribution is 5.99. The molecule has 2 fully saturated rings. The summed E-state index contributed by atoms with van der Waals surface area (Å²) in [5.74, 6) is 0.554. The average Bonchev–Trinajstić information content (AvgIpc) is 3.26. The maximum absolute atomic E-state index is 12.3. The highest BCUT2D eigenvalue weighted by atomic mass is 16.2. The summed E-state index contributed by atoms with van der Waals surface area (Å²) < 4.78 is 0. The summed E-state index contributed by atoms with van der Waals surface area (Å²) in [6, 6.07) is 7.33. The summed E-state index contributed by atoms with van der Waals surface area (Å²) in [5.41, 5.74) is 7.12. The van der Waals surface area contributed by atoms with Gasteiger partial charge < -0.3 is 16.0 Å². The lowest BCUT2D eigenvalue weighted by atomic mass is 10.1. The molecule has 1 aromatic rings. The first-order valence-electron chi connectivity index (χ1n) is 7.60. The maximum Gasteiger partial charge on any atom is 0.251 e. The molecule has 0 spiro atoms. The molecule has 1 heterocycles. The molecule has 3 N–H and O–H groups in total. The number of rotatable bonds is 5. The Labute approximate surface area is 124 Å². The highest BCUT2D eigenvalue weighted by Crippen LogP contribution is 2.32. The molecule has 5 heteroatoms. The van der Waals surface area contributed by atoms with Crippen LogP contribution in [0.4, 0.5) is 5.69 Å². The van der Waals surface area contributed by atoms with Crippen molar-refractivity contribution in [1.29, 1.82) is 0 Å². The van der Waals surface area contributed by atoms with Crippen molar-refractivity contribution in [1.82, 2.24) is 5.32 Å². The topological polar surface area (TPSA) is 75.4 Å². The van der Waals surface area contributed by atoms with E-state index >= 15 is 0 Å². The Morgan fingerprint density at radius 1 is 1.43 bits per heavy atom. The molecular weight excluding hydrogens is 266 g/mol. The molecule has 0 bridgehead atoms. The number of carbonyl (C=O) groups is 2. The molecule has 1 aromatic carbocycles. The van der Waals surface area contributed by atoms with Crippen LogP contribution in [0.3, 0.4) is 0 Å². The maximum atomic E-state index is 12.3. The van der Waals surface area contributed by atoms with Crippen LogP contribution in [-0.2, 0) is 4.79 Å². The van der Waals surface area contributed by atoms with E-state index in [2.05, 4.69) is 5.32 Å². The normalized spacial score (nSPS) is 19.7. The molecule has 2 aliphatic rings. The summed E-state index contributed by atoms with van der Waals surface area (Å²) in [4.78, 5) is 25.9. The summed E-state index contributed by atoms with van der Waals surface area (Å²) in [5, 5.41) is 3.01. The van der Waals surface area contributed by atoms with Crippen LogP contribution in [0, 0.1) is 5.92 Å². The molecule has 5 nitrogen and oxygen atoms in total. The van der Waals surface area contributed by atoms with E-state index in [-0.39, 0.29) is 17.9 Å². The predicted molar refractivity (Wildman–Crippen MR) is 81.1 cm³/mol. The van der Waals surface area contributed by atoms with Gasteiger partial charge in [0.15, 0.2) is 0 Å². The second kappa shape index (κ2) is 5.85. The Morgan fingerprint density at radius 3 is 2.86 bits per heavy atom. The van der Waals surface area contributed by atoms with E-state index in [0.717, 1.165) is 31.5 Å². The Hall–Kier alpha value is -1.88. The third kappa shape index (κ3) is 3.08. The molecule has 1 aliphatic heterocycles. The van der Waals surface area contributed by atoms with Crippen LogP contribution in [0.5, 0.6) is 0 Å². The van der Waals surface area contributed by atoms with Crippen molar-refractivity contribution in [2.45, 2.75) is 31.7 Å². The van der Waals surface area contributed by atoms with Gasteiger partial charge >= 0.3 is 0 Å². The number of amides is 2. The zero-order chi connectivity index (χ0) is 14.8. The second-order valence-electron chi connectivity index (χ2n) is 5.85. The van der Waals surface area contributed by atoms with E-state index in [9.17, 15) is 9.59 Å². The number of nitrogens with one attached hydrogen (secondary N) is 1. The fourth-order valence-corrected chi connectivity index (χ4v) is 2.86. The molecule has 2 amide bonds. The van der Waals surface area contributed by atoms with Crippen LogP contribution in [-0.4, -0.2) is 30.9 Å². The van der Waals surface area contributed by atoms with Crippen molar-refractivity contribution < 1.29 is 9.59 Å². The monoisotopic (exact) mass is 287 g/mol. The van der Waals surface area contributed by atoms with Gasteiger partial charge in [0, 0.05) is 36.8 Å². The summed E-state index contributed by atoms with van der Waals surface area (Å²) >= 11 is 0. The van der Waals surface area contributed by atoms with Crippen LogP contribution in [0.1, 0.15) is 36.0 Å². The molecular formula is C16H21N3O2. The van der Waals surface area contributed by atoms with Crippen molar-refractivity contribution in [2.75, 3.05) is 18.0 Å². The summed E-state index contributed by atoms with van der Waals surface area (Å²) in [7, 11) is 0. The number of nitrogens with zero attached hydrogens (tertiary/aromatic N) is 1. The summed E-state index contributed by atoms with van der Waals surface area (Å²) in [6.07, 6.45) is 3.76. The van der Waals surface area contributed by atoms with Crippen LogP contribution in [0.25, 0.3) is 0 Å². The Balaban J connectivity index is 1.72. The van der Waals surface area contributed by atoms with Crippen LogP contribution in [0.15, 0.2) is 24.3 Å². The number of hydrogen-bond acceptors (Lipinski definition) is 3. The molecule has 1 atom stereocenters. The van der Waals surface area contributed by atoms with E-state index < -0.39 is 0 Å². The third-order valence-corrected chi connectivity index (χ3v) is 4.25. The average molecular weight is 287 g/mol. The fraction of sp³-hybridized carbons (Fsp3) is 0.500. The first-order chi connectivity index (χ1) is 10.2. The van der Waals surface area contributed by atoms with Gasteiger partial charge in [-0.05, 0) is 43.4 Å². The van der Waals surface area contributed by atoms with E-state index in [1.165, 1.54) is 0 Å². The van der Waals surface area contributed by atoms with E-state index in [1.54, 1.807) is 17.0 Å². The number of anilines is 1. The smallest absolute Gasteiger partial charge is 0.251 e. The number of carbonyl (C=O) groups excluding carboxylic acids is 2. The van der Waals surface area contributed by atoms with Gasteiger partial charge in [-0.15, -0.1) is 0 Å². The van der Waals surface area contributed by atoms with Gasteiger partial charge in [0.1, 0.15) is 0 Å². The SMILES string of the molecule is NCC(NC(=O)c1cccc(N2CCCC2=O)c1)C1CC1. The molecule has 1 saturated heterocycles. The van der Waals surface area contributed by atoms with E-state index in [1.807, 2.05) is 12.1 Å². The molecule has 21 heavy (non-hydrogen) atoms. The molecule has 0 radical (unpaired) electrons. The van der Waals surface area contributed by atoms with E-state index in [4.69, 9.17) is 5.73 Å². The van der Waals surface area contributed by atoms with Gasteiger partial charge in [-0.3, -0.25) is 9.59 Å². The largest absolute Gasteiger partial charge is 0.348 e. The minimum absolute atomic E-state index is 0.0644. The molecule has 1 saturated carbocycles. The third-order valence-electron chi connectivity index (χ3n) is 4.25. The van der Waals surface area contributed by atoms with Crippen molar-refractivity contribution in [3.05, 3.63) is 29.8 Å². The number of nitrogens with two attached hydrogens (primary N) is 1. The molecule has 112 valence electrons. The lowest BCUT2D eigenvalue weighted by Crippen LogP contribution is -2.41. The minimum atomic E-state index is -0.106. The first-order valence-corrected chi connectivity index (χ1v) is 7.60. The molecule has 0 aromatic heterocycles. The zero-order valence-electron chi connectivity index (χ0n) is 12.0. The van der Waals surface area contributed by atoms with Gasteiger partial charge in [0.2, 0.25) is 5.91 Å². The molecule has 1 aliphatic carbocycles. The lowest BCUT2D eigenvalue weighted by Gasteiger charge is -2.18. The Morgan fingerprint density at radius 2 is 2.24 bits per heavy atom. The van der Waals surface area contributed by atoms with Crippen LogP contribution < -0.4 is 16.0 Å². The quantitative estimate of drug-likeness (QED) is 0.856. The lowest BCUT2D eigenvalue weighted by molar-refractivity contribution is -0.117. The molecule has 1 unspecified atom stereocenters. The minimum Gasteiger partial charge on any atom is -0.348 e. The zero-order valence-corrected chi connectivity index (χ0v) is 12.0. The van der Waals surface area contributed by atoms with Crippen molar-refractivity contribution in [3.8, 4) is 0 Å². The van der Waals surface area contributed by atoms with E-state index in [0.29, 0.717) is 24.4 Å².